The van der Waals surface area contributed by atoms with Crippen LogP contribution >= 0.6 is 11.6 Å². The van der Waals surface area contributed by atoms with Gasteiger partial charge in [-0.05, 0) is 48.4 Å². The fourth-order valence-electron chi connectivity index (χ4n) is 3.28. The molecule has 4 rings (SSSR count). The Balaban J connectivity index is 1.50. The molecule has 0 radical (unpaired) electrons. The first-order valence-corrected chi connectivity index (χ1v) is 9.79. The smallest absolute Gasteiger partial charge is 0.244 e. The van der Waals surface area contributed by atoms with E-state index in [1.165, 1.54) is 0 Å². The largest absolute Gasteiger partial charge is 0.488 e. The number of benzene rings is 3. The van der Waals surface area contributed by atoms with E-state index in [1.54, 1.807) is 0 Å². The fourth-order valence-corrected chi connectivity index (χ4v) is 3.46. The van der Waals surface area contributed by atoms with Crippen molar-refractivity contribution in [3.63, 3.8) is 0 Å². The maximum Gasteiger partial charge on any atom is 0.244 e. The van der Waals surface area contributed by atoms with Crippen LogP contribution in [0.2, 0.25) is 5.02 Å². The summed E-state index contributed by atoms with van der Waals surface area (Å²) in [5.41, 5.74) is 3.65. The zero-order valence-corrected chi connectivity index (χ0v) is 16.8. The quantitative estimate of drug-likeness (QED) is 0.440. The van der Waals surface area contributed by atoms with Crippen molar-refractivity contribution < 1.29 is 9.53 Å². The van der Waals surface area contributed by atoms with Gasteiger partial charge in [0.25, 0.3) is 0 Å². The van der Waals surface area contributed by atoms with Gasteiger partial charge in [0.05, 0.1) is 5.52 Å². The molecule has 146 valence electrons. The van der Waals surface area contributed by atoms with E-state index in [4.69, 9.17) is 16.3 Å². The predicted octanol–water partition coefficient (Wildman–Crippen LogP) is 5.82. The highest BCUT2D eigenvalue weighted by molar-refractivity contribution is 6.31. The van der Waals surface area contributed by atoms with Crippen molar-refractivity contribution >= 4 is 34.1 Å². The number of rotatable bonds is 6. The van der Waals surface area contributed by atoms with Crippen LogP contribution in [0, 0.1) is 6.92 Å². The Kier molecular flexibility index (Phi) is 5.54. The van der Waals surface area contributed by atoms with Crippen LogP contribution in [0.3, 0.4) is 0 Å². The molecule has 0 atom stereocenters. The van der Waals surface area contributed by atoms with Crippen LogP contribution in [0.15, 0.2) is 79.0 Å². The minimum atomic E-state index is -0.108. The van der Waals surface area contributed by atoms with Crippen molar-refractivity contribution in [2.75, 3.05) is 5.32 Å². The second-order valence-electron chi connectivity index (χ2n) is 6.87. The van der Waals surface area contributed by atoms with Crippen LogP contribution in [-0.4, -0.2) is 10.5 Å². The summed E-state index contributed by atoms with van der Waals surface area (Å²) in [4.78, 5) is 12.6. The third kappa shape index (κ3) is 4.28. The Hall–Kier alpha value is -3.24. The van der Waals surface area contributed by atoms with Crippen molar-refractivity contribution in [1.29, 1.82) is 0 Å². The van der Waals surface area contributed by atoms with E-state index >= 15 is 0 Å². The van der Waals surface area contributed by atoms with Gasteiger partial charge in [-0.1, -0.05) is 54.1 Å². The van der Waals surface area contributed by atoms with Gasteiger partial charge in [-0.25, -0.2) is 0 Å². The van der Waals surface area contributed by atoms with Crippen LogP contribution in [0.25, 0.3) is 10.9 Å². The summed E-state index contributed by atoms with van der Waals surface area (Å²) in [5, 5.41) is 4.56. The van der Waals surface area contributed by atoms with Crippen LogP contribution in [0.1, 0.15) is 11.1 Å². The molecule has 0 spiro atoms. The maximum absolute atomic E-state index is 12.6. The molecule has 0 aliphatic rings. The number of carbonyl (C=O) groups is 1. The van der Waals surface area contributed by atoms with Crippen molar-refractivity contribution in [2.45, 2.75) is 20.1 Å². The number of amides is 1. The van der Waals surface area contributed by atoms with E-state index in [1.807, 2.05) is 90.5 Å². The molecule has 1 N–H and O–H groups in total. The van der Waals surface area contributed by atoms with Crippen LogP contribution in [0.4, 0.5) is 5.69 Å². The second kappa shape index (κ2) is 8.41. The van der Waals surface area contributed by atoms with Crippen molar-refractivity contribution in [2.24, 2.45) is 0 Å². The molecule has 29 heavy (non-hydrogen) atoms. The molecular formula is C24H21ClN2O2. The first-order chi connectivity index (χ1) is 14.1. The number of hydrogen-bond donors (Lipinski definition) is 1. The molecular weight excluding hydrogens is 384 g/mol. The number of carbonyl (C=O) groups excluding carboxylic acids is 1. The molecule has 4 nitrogen and oxygen atoms in total. The van der Waals surface area contributed by atoms with Gasteiger partial charge in [-0.3, -0.25) is 4.79 Å². The van der Waals surface area contributed by atoms with Gasteiger partial charge in [-0.2, -0.15) is 0 Å². The van der Waals surface area contributed by atoms with Gasteiger partial charge in [0, 0.05) is 22.3 Å². The third-order valence-corrected chi connectivity index (χ3v) is 5.28. The normalized spacial score (nSPS) is 10.8. The molecule has 1 aromatic heterocycles. The molecule has 0 unspecified atom stereocenters. The molecule has 1 amide bonds. The van der Waals surface area contributed by atoms with Gasteiger partial charge < -0.3 is 14.6 Å². The highest BCUT2D eigenvalue weighted by atomic mass is 35.5. The third-order valence-electron chi connectivity index (χ3n) is 4.87. The summed E-state index contributed by atoms with van der Waals surface area (Å²) in [6, 6.07) is 23.4. The number of aromatic nitrogens is 1. The SMILES string of the molecule is Cc1c(Cl)cccc1NC(=O)Cn1ccc2c(OCc3ccccc3)cccc21. The van der Waals surface area contributed by atoms with Gasteiger partial charge in [0.1, 0.15) is 18.9 Å². The molecule has 0 saturated carbocycles. The second-order valence-corrected chi connectivity index (χ2v) is 7.27. The predicted molar refractivity (Wildman–Crippen MR) is 118 cm³/mol. The standard InChI is InChI=1S/C24H21ClN2O2/c1-17-20(25)9-5-10-21(17)26-24(28)15-27-14-13-19-22(27)11-6-12-23(19)29-16-18-7-3-2-4-8-18/h2-14H,15-16H2,1H3,(H,26,28). The van der Waals surface area contributed by atoms with E-state index in [0.717, 1.165) is 33.5 Å². The highest BCUT2D eigenvalue weighted by Crippen LogP contribution is 2.28. The highest BCUT2D eigenvalue weighted by Gasteiger charge is 2.11. The van der Waals surface area contributed by atoms with Crippen LogP contribution in [-0.2, 0) is 17.9 Å². The molecule has 0 bridgehead atoms. The number of anilines is 1. The summed E-state index contributed by atoms with van der Waals surface area (Å²) >= 11 is 6.14. The van der Waals surface area contributed by atoms with Gasteiger partial charge in [0.2, 0.25) is 5.91 Å². The monoisotopic (exact) mass is 404 g/mol. The van der Waals surface area contributed by atoms with E-state index in [-0.39, 0.29) is 12.5 Å². The number of halogens is 1. The molecule has 1 heterocycles. The van der Waals surface area contributed by atoms with Crippen molar-refractivity contribution in [3.05, 3.63) is 95.1 Å². The Morgan fingerprint density at radius 1 is 1.00 bits per heavy atom. The summed E-state index contributed by atoms with van der Waals surface area (Å²) in [5.74, 6) is 0.694. The van der Waals surface area contributed by atoms with Gasteiger partial charge >= 0.3 is 0 Å². The Morgan fingerprint density at radius 2 is 1.79 bits per heavy atom. The molecule has 5 heteroatoms. The molecule has 0 aliphatic carbocycles. The van der Waals surface area contributed by atoms with Crippen molar-refractivity contribution in [1.82, 2.24) is 4.57 Å². The van der Waals surface area contributed by atoms with Crippen LogP contribution < -0.4 is 10.1 Å². The molecule has 4 aromatic rings. The minimum Gasteiger partial charge on any atom is -0.488 e. The Labute approximate surface area is 174 Å². The van der Waals surface area contributed by atoms with Crippen LogP contribution in [0.5, 0.6) is 5.75 Å². The zero-order valence-electron chi connectivity index (χ0n) is 16.1. The van der Waals surface area contributed by atoms with Gasteiger partial charge in [-0.15, -0.1) is 0 Å². The number of hydrogen-bond acceptors (Lipinski definition) is 2. The maximum atomic E-state index is 12.6. The van der Waals surface area contributed by atoms with E-state index in [9.17, 15) is 4.79 Å². The fraction of sp³-hybridized carbons (Fsp3) is 0.125. The zero-order chi connectivity index (χ0) is 20.2. The minimum absolute atomic E-state index is 0.108. The number of ether oxygens (including phenoxy) is 1. The number of nitrogens with one attached hydrogen (secondary N) is 1. The summed E-state index contributed by atoms with van der Waals surface area (Å²) in [6.45, 7) is 2.59. The lowest BCUT2D eigenvalue weighted by Crippen LogP contribution is -2.18. The summed E-state index contributed by atoms with van der Waals surface area (Å²) in [7, 11) is 0. The lowest BCUT2D eigenvalue weighted by Gasteiger charge is -2.11. The van der Waals surface area contributed by atoms with Crippen molar-refractivity contribution in [3.8, 4) is 5.75 Å². The molecule has 0 aliphatic heterocycles. The first kappa shape index (κ1) is 19.1. The van der Waals surface area contributed by atoms with E-state index in [2.05, 4.69) is 5.32 Å². The number of fused-ring (bicyclic) bond motifs is 1. The Morgan fingerprint density at radius 3 is 2.62 bits per heavy atom. The molecule has 0 fully saturated rings. The lowest BCUT2D eigenvalue weighted by atomic mass is 10.2. The summed E-state index contributed by atoms with van der Waals surface area (Å²) in [6.07, 6.45) is 1.91. The topological polar surface area (TPSA) is 43.3 Å². The number of nitrogens with zero attached hydrogens (tertiary/aromatic N) is 1. The average Bonchev–Trinajstić information content (AvgIpc) is 3.14. The molecule has 0 saturated heterocycles. The first-order valence-electron chi connectivity index (χ1n) is 9.41. The van der Waals surface area contributed by atoms with Gasteiger partial charge in [0.15, 0.2) is 0 Å². The Bertz CT molecular complexity index is 1150. The van der Waals surface area contributed by atoms with E-state index < -0.39 is 0 Å². The lowest BCUT2D eigenvalue weighted by molar-refractivity contribution is -0.116. The summed E-state index contributed by atoms with van der Waals surface area (Å²) < 4.78 is 7.94. The van der Waals surface area contributed by atoms with E-state index in [0.29, 0.717) is 11.6 Å². The average molecular weight is 405 g/mol. The molecule has 3 aromatic carbocycles.